The Hall–Kier alpha value is -2.22. The lowest BCUT2D eigenvalue weighted by molar-refractivity contribution is 0.210. The smallest absolute Gasteiger partial charge is 0.177 e. The van der Waals surface area contributed by atoms with E-state index in [1.807, 2.05) is 30.3 Å². The van der Waals surface area contributed by atoms with Crippen molar-refractivity contribution in [3.63, 3.8) is 0 Å². The average molecular weight is 278 g/mol. The van der Waals surface area contributed by atoms with Crippen LogP contribution in [0.2, 0.25) is 0 Å². The molecule has 0 N–H and O–H groups in total. The molecule has 21 heavy (non-hydrogen) atoms. The van der Waals surface area contributed by atoms with Crippen LogP contribution in [0, 0.1) is 0 Å². The lowest BCUT2D eigenvalue weighted by Gasteiger charge is -2.13. The maximum Gasteiger partial charge on any atom is 0.177 e. The molecule has 0 saturated heterocycles. The van der Waals surface area contributed by atoms with Crippen molar-refractivity contribution in [3.8, 4) is 5.75 Å². The number of rotatable bonds is 3. The number of benzene rings is 2. The Bertz CT molecular complexity index is 807. The van der Waals surface area contributed by atoms with Gasteiger partial charge >= 0.3 is 0 Å². The first-order valence-electron chi connectivity index (χ1n) is 7.60. The van der Waals surface area contributed by atoms with Crippen LogP contribution in [0.5, 0.6) is 5.75 Å². The molecule has 1 saturated carbocycles. The van der Waals surface area contributed by atoms with E-state index in [2.05, 4.69) is 18.7 Å². The van der Waals surface area contributed by atoms with Crippen LogP contribution < -0.4 is 4.74 Å². The molecule has 0 atom stereocenters. The Morgan fingerprint density at radius 3 is 2.71 bits per heavy atom. The summed E-state index contributed by atoms with van der Waals surface area (Å²) >= 11 is 0. The van der Waals surface area contributed by atoms with E-state index in [1.54, 1.807) is 0 Å². The highest BCUT2D eigenvalue weighted by Crippen LogP contribution is 2.38. The Labute approximate surface area is 124 Å². The van der Waals surface area contributed by atoms with E-state index in [-0.39, 0.29) is 0 Å². The van der Waals surface area contributed by atoms with Crippen molar-refractivity contribution in [2.24, 2.45) is 0 Å². The minimum atomic E-state index is 0.330. The van der Waals surface area contributed by atoms with Crippen molar-refractivity contribution in [1.82, 2.24) is 0 Å². The lowest BCUT2D eigenvalue weighted by Crippen LogP contribution is -2.10. The van der Waals surface area contributed by atoms with Gasteiger partial charge in [-0.2, -0.15) is 0 Å². The molecule has 2 nitrogen and oxygen atoms in total. The maximum absolute atomic E-state index is 6.19. The van der Waals surface area contributed by atoms with E-state index in [0.29, 0.717) is 6.10 Å². The van der Waals surface area contributed by atoms with Crippen LogP contribution in [-0.4, -0.2) is 6.10 Å². The summed E-state index contributed by atoms with van der Waals surface area (Å²) in [4.78, 5) is 0. The van der Waals surface area contributed by atoms with Gasteiger partial charge in [0.25, 0.3) is 0 Å². The number of para-hydroxylation sites is 1. The molecule has 4 rings (SSSR count). The highest BCUT2D eigenvalue weighted by molar-refractivity contribution is 6.10. The third kappa shape index (κ3) is 2.02. The fourth-order valence-corrected chi connectivity index (χ4v) is 3.28. The van der Waals surface area contributed by atoms with Gasteiger partial charge in [0, 0.05) is 10.8 Å². The van der Waals surface area contributed by atoms with E-state index in [0.717, 1.165) is 46.1 Å². The zero-order valence-corrected chi connectivity index (χ0v) is 12.0. The van der Waals surface area contributed by atoms with Crippen LogP contribution in [0.3, 0.4) is 0 Å². The molecule has 1 heterocycles. The monoisotopic (exact) mass is 278 g/mol. The summed E-state index contributed by atoms with van der Waals surface area (Å²) in [5.41, 5.74) is 2.84. The molecular weight excluding hydrogens is 260 g/mol. The summed E-state index contributed by atoms with van der Waals surface area (Å²) in [6.45, 7) is 3.92. The normalized spacial score (nSPS) is 15.8. The molecule has 0 unspecified atom stereocenters. The first kappa shape index (κ1) is 12.5. The summed E-state index contributed by atoms with van der Waals surface area (Å²) in [6.07, 6.45) is 7.02. The van der Waals surface area contributed by atoms with Crippen molar-refractivity contribution in [2.45, 2.75) is 31.8 Å². The number of ether oxygens (including phenoxy) is 1. The second-order valence-electron chi connectivity index (χ2n) is 5.68. The molecule has 2 heteroatoms. The first-order valence-corrected chi connectivity index (χ1v) is 7.60. The van der Waals surface area contributed by atoms with Crippen LogP contribution in [-0.2, 0) is 0 Å². The number of fused-ring (bicyclic) bond motifs is 3. The predicted molar refractivity (Wildman–Crippen MR) is 86.7 cm³/mol. The molecule has 3 aromatic rings. The molecule has 0 aliphatic heterocycles. The maximum atomic E-state index is 6.19. The molecule has 106 valence electrons. The molecule has 1 aliphatic carbocycles. The molecule has 2 aromatic carbocycles. The van der Waals surface area contributed by atoms with Gasteiger partial charge in [-0.3, -0.25) is 0 Å². The van der Waals surface area contributed by atoms with E-state index in [1.165, 1.54) is 12.8 Å². The molecule has 0 amide bonds. The molecule has 0 spiro atoms. The van der Waals surface area contributed by atoms with Gasteiger partial charge in [0.1, 0.15) is 5.58 Å². The second kappa shape index (κ2) is 4.96. The fourth-order valence-electron chi connectivity index (χ4n) is 3.28. The third-order valence-corrected chi connectivity index (χ3v) is 4.34. The number of hydrogen-bond donors (Lipinski definition) is 0. The SMILES string of the molecule is C=Cc1ccc(OC2CCCC2)c2oc3ccccc3c12. The van der Waals surface area contributed by atoms with Crippen molar-refractivity contribution in [1.29, 1.82) is 0 Å². The molecule has 1 fully saturated rings. The zero-order chi connectivity index (χ0) is 14.2. The Morgan fingerprint density at radius 1 is 1.10 bits per heavy atom. The summed E-state index contributed by atoms with van der Waals surface area (Å²) in [5, 5.41) is 2.23. The highest BCUT2D eigenvalue weighted by Gasteiger charge is 2.20. The Morgan fingerprint density at radius 2 is 1.90 bits per heavy atom. The topological polar surface area (TPSA) is 22.4 Å². The minimum absolute atomic E-state index is 0.330. The third-order valence-electron chi connectivity index (χ3n) is 4.34. The van der Waals surface area contributed by atoms with Crippen LogP contribution in [0.15, 0.2) is 47.4 Å². The molecular formula is C19H18O2. The molecule has 1 aliphatic rings. The van der Waals surface area contributed by atoms with E-state index in [9.17, 15) is 0 Å². The summed E-state index contributed by atoms with van der Waals surface area (Å²) in [5.74, 6) is 0.860. The van der Waals surface area contributed by atoms with Gasteiger partial charge in [-0.25, -0.2) is 0 Å². The van der Waals surface area contributed by atoms with Gasteiger partial charge in [0.15, 0.2) is 11.3 Å². The van der Waals surface area contributed by atoms with Gasteiger partial charge in [-0.05, 0) is 43.4 Å². The van der Waals surface area contributed by atoms with Crippen molar-refractivity contribution >= 4 is 28.0 Å². The number of furan rings is 1. The molecule has 0 radical (unpaired) electrons. The van der Waals surface area contributed by atoms with Gasteiger partial charge < -0.3 is 9.15 Å². The largest absolute Gasteiger partial charge is 0.486 e. The lowest BCUT2D eigenvalue weighted by atomic mass is 10.1. The van der Waals surface area contributed by atoms with E-state index >= 15 is 0 Å². The van der Waals surface area contributed by atoms with Crippen molar-refractivity contribution in [3.05, 3.63) is 48.5 Å². The Balaban J connectivity index is 1.93. The first-order chi connectivity index (χ1) is 10.4. The van der Waals surface area contributed by atoms with Crippen molar-refractivity contribution in [2.75, 3.05) is 0 Å². The van der Waals surface area contributed by atoms with Gasteiger partial charge in [-0.1, -0.05) is 36.9 Å². The van der Waals surface area contributed by atoms with E-state index in [4.69, 9.17) is 9.15 Å². The second-order valence-corrected chi connectivity index (χ2v) is 5.68. The summed E-state index contributed by atoms with van der Waals surface area (Å²) in [6, 6.07) is 12.2. The average Bonchev–Trinajstić information content (AvgIpc) is 3.15. The van der Waals surface area contributed by atoms with Crippen LogP contribution in [0.25, 0.3) is 28.0 Å². The molecule has 0 bridgehead atoms. The fraction of sp³-hybridized carbons (Fsp3) is 0.263. The standard InChI is InChI=1S/C19H18O2/c1-2-13-11-12-17(20-14-7-3-4-8-14)19-18(13)15-9-5-6-10-16(15)21-19/h2,5-6,9-12,14H,1,3-4,7-8H2. The minimum Gasteiger partial charge on any atom is -0.486 e. The van der Waals surface area contributed by atoms with Crippen molar-refractivity contribution < 1.29 is 9.15 Å². The Kier molecular flexibility index (Phi) is 2.95. The van der Waals surface area contributed by atoms with Crippen LogP contribution >= 0.6 is 0 Å². The molecule has 1 aromatic heterocycles. The summed E-state index contributed by atoms with van der Waals surface area (Å²) < 4.78 is 12.3. The van der Waals surface area contributed by atoms with Gasteiger partial charge in [0.05, 0.1) is 6.10 Å². The predicted octanol–water partition coefficient (Wildman–Crippen LogP) is 5.55. The van der Waals surface area contributed by atoms with Crippen LogP contribution in [0.4, 0.5) is 0 Å². The van der Waals surface area contributed by atoms with E-state index < -0.39 is 0 Å². The quantitative estimate of drug-likeness (QED) is 0.626. The highest BCUT2D eigenvalue weighted by atomic mass is 16.5. The van der Waals surface area contributed by atoms with Gasteiger partial charge in [0.2, 0.25) is 0 Å². The summed E-state index contributed by atoms with van der Waals surface area (Å²) in [7, 11) is 0. The van der Waals surface area contributed by atoms with Gasteiger partial charge in [-0.15, -0.1) is 0 Å². The van der Waals surface area contributed by atoms with Crippen LogP contribution in [0.1, 0.15) is 31.2 Å². The number of hydrogen-bond acceptors (Lipinski definition) is 2. The zero-order valence-electron chi connectivity index (χ0n) is 12.0.